The van der Waals surface area contributed by atoms with E-state index in [0.717, 1.165) is 0 Å². The smallest absolute Gasteiger partial charge is 0.310 e. The van der Waals surface area contributed by atoms with Crippen LogP contribution in [-0.2, 0) is 0 Å². The molecule has 1 N–H and O–H groups in total. The van der Waals surface area contributed by atoms with E-state index in [9.17, 15) is 13.2 Å². The molecule has 19 heavy (non-hydrogen) atoms. The van der Waals surface area contributed by atoms with E-state index in [1.807, 2.05) is 11.8 Å². The summed E-state index contributed by atoms with van der Waals surface area (Å²) < 4.78 is 37.9. The van der Waals surface area contributed by atoms with Gasteiger partial charge in [0.25, 0.3) is 0 Å². The van der Waals surface area contributed by atoms with Crippen molar-refractivity contribution in [2.24, 2.45) is 5.92 Å². The number of thioether (sulfide) groups is 1. The molecule has 0 aromatic heterocycles. The van der Waals surface area contributed by atoms with Crippen LogP contribution in [0.4, 0.5) is 13.2 Å². The monoisotopic (exact) mass is 295 g/mol. The zero-order valence-corrected chi connectivity index (χ0v) is 12.3. The molecular formula is C14H24F3NS. The molecule has 2 fully saturated rings. The van der Waals surface area contributed by atoms with Crippen LogP contribution < -0.4 is 5.32 Å². The molecule has 0 heterocycles. The first-order valence-electron chi connectivity index (χ1n) is 7.36. The SMILES string of the molecule is CSC1CCCCC1NC1CCC(C(F)(F)F)CC1. The summed E-state index contributed by atoms with van der Waals surface area (Å²) in [6.45, 7) is 0. The quantitative estimate of drug-likeness (QED) is 0.829. The average molecular weight is 295 g/mol. The van der Waals surface area contributed by atoms with Crippen LogP contribution in [0.25, 0.3) is 0 Å². The lowest BCUT2D eigenvalue weighted by atomic mass is 9.84. The molecule has 2 aliphatic rings. The molecule has 0 radical (unpaired) electrons. The van der Waals surface area contributed by atoms with Gasteiger partial charge in [-0.2, -0.15) is 24.9 Å². The topological polar surface area (TPSA) is 12.0 Å². The van der Waals surface area contributed by atoms with Gasteiger partial charge in [0.05, 0.1) is 5.92 Å². The van der Waals surface area contributed by atoms with Gasteiger partial charge in [0, 0.05) is 17.3 Å². The highest BCUT2D eigenvalue weighted by molar-refractivity contribution is 7.99. The highest BCUT2D eigenvalue weighted by Gasteiger charge is 2.41. The van der Waals surface area contributed by atoms with E-state index in [2.05, 4.69) is 11.6 Å². The molecule has 5 heteroatoms. The minimum atomic E-state index is -3.99. The van der Waals surface area contributed by atoms with Gasteiger partial charge in [-0.05, 0) is 44.8 Å². The molecule has 2 aliphatic carbocycles. The Labute approximate surface area is 118 Å². The molecule has 2 saturated carbocycles. The summed E-state index contributed by atoms with van der Waals surface area (Å²) in [5.74, 6) is -1.06. The van der Waals surface area contributed by atoms with Crippen LogP contribution in [-0.4, -0.2) is 29.8 Å². The van der Waals surface area contributed by atoms with Crippen molar-refractivity contribution >= 4 is 11.8 Å². The zero-order valence-electron chi connectivity index (χ0n) is 11.5. The molecule has 0 bridgehead atoms. The Kier molecular flexibility index (Phi) is 5.46. The number of hydrogen-bond donors (Lipinski definition) is 1. The lowest BCUT2D eigenvalue weighted by Gasteiger charge is -2.37. The van der Waals surface area contributed by atoms with Gasteiger partial charge in [-0.3, -0.25) is 0 Å². The Morgan fingerprint density at radius 2 is 1.58 bits per heavy atom. The summed E-state index contributed by atoms with van der Waals surface area (Å²) >= 11 is 1.90. The predicted octanol–water partition coefficient (Wildman–Crippen LogP) is 4.37. The normalized spacial score (nSPS) is 37.3. The second-order valence-electron chi connectivity index (χ2n) is 5.92. The Morgan fingerprint density at radius 3 is 2.16 bits per heavy atom. The van der Waals surface area contributed by atoms with Crippen LogP contribution in [0, 0.1) is 5.92 Å². The second-order valence-corrected chi connectivity index (χ2v) is 7.00. The Hall–Kier alpha value is 0.100. The van der Waals surface area contributed by atoms with Gasteiger partial charge in [-0.25, -0.2) is 0 Å². The Bertz CT molecular complexity index is 274. The van der Waals surface area contributed by atoms with Crippen LogP contribution in [0.3, 0.4) is 0 Å². The molecule has 0 aliphatic heterocycles. The van der Waals surface area contributed by atoms with Crippen LogP contribution in [0.2, 0.25) is 0 Å². The molecule has 0 aromatic rings. The van der Waals surface area contributed by atoms with Crippen LogP contribution in [0.15, 0.2) is 0 Å². The van der Waals surface area contributed by atoms with E-state index in [-0.39, 0.29) is 0 Å². The molecule has 2 atom stereocenters. The third-order valence-electron chi connectivity index (χ3n) is 4.65. The molecule has 112 valence electrons. The summed E-state index contributed by atoms with van der Waals surface area (Å²) in [5.41, 5.74) is 0. The molecule has 0 saturated heterocycles. The molecular weight excluding hydrogens is 271 g/mol. The van der Waals surface area contributed by atoms with Gasteiger partial charge < -0.3 is 5.32 Å². The predicted molar refractivity (Wildman–Crippen MR) is 74.5 cm³/mol. The number of rotatable bonds is 3. The lowest BCUT2D eigenvalue weighted by molar-refractivity contribution is -0.182. The fraction of sp³-hybridized carbons (Fsp3) is 1.00. The van der Waals surface area contributed by atoms with Crippen molar-refractivity contribution in [2.75, 3.05) is 6.26 Å². The first-order chi connectivity index (χ1) is 9.00. The molecule has 1 nitrogen and oxygen atoms in total. The van der Waals surface area contributed by atoms with E-state index in [4.69, 9.17) is 0 Å². The third kappa shape index (κ3) is 4.28. The highest BCUT2D eigenvalue weighted by atomic mass is 32.2. The summed E-state index contributed by atoms with van der Waals surface area (Å²) in [5, 5.41) is 4.29. The van der Waals surface area contributed by atoms with Gasteiger partial charge in [0.2, 0.25) is 0 Å². The Balaban J connectivity index is 1.78. The first kappa shape index (κ1) is 15.5. The van der Waals surface area contributed by atoms with Crippen molar-refractivity contribution in [3.05, 3.63) is 0 Å². The summed E-state index contributed by atoms with van der Waals surface area (Å²) in [6.07, 6.45) is 5.11. The van der Waals surface area contributed by atoms with E-state index < -0.39 is 12.1 Å². The molecule has 0 aromatic carbocycles. The number of alkyl halides is 3. The zero-order chi connectivity index (χ0) is 13.9. The lowest BCUT2D eigenvalue weighted by Crippen LogP contribution is -2.47. The van der Waals surface area contributed by atoms with Crippen molar-refractivity contribution in [1.82, 2.24) is 5.32 Å². The minimum absolute atomic E-state index is 0.302. The Morgan fingerprint density at radius 1 is 0.947 bits per heavy atom. The van der Waals surface area contributed by atoms with Gasteiger partial charge in [-0.15, -0.1) is 0 Å². The van der Waals surface area contributed by atoms with Crippen molar-refractivity contribution in [2.45, 2.75) is 74.9 Å². The maximum absolute atomic E-state index is 12.6. The standard InChI is InChI=1S/C14H24F3NS/c1-19-13-5-3-2-4-12(13)18-11-8-6-10(7-9-11)14(15,16)17/h10-13,18H,2-9H2,1H3. The van der Waals surface area contributed by atoms with Gasteiger partial charge >= 0.3 is 6.18 Å². The van der Waals surface area contributed by atoms with Crippen LogP contribution >= 0.6 is 11.8 Å². The maximum Gasteiger partial charge on any atom is 0.391 e. The van der Waals surface area contributed by atoms with Gasteiger partial charge in [0.1, 0.15) is 0 Å². The van der Waals surface area contributed by atoms with Crippen molar-refractivity contribution < 1.29 is 13.2 Å². The van der Waals surface area contributed by atoms with Gasteiger partial charge in [0.15, 0.2) is 0 Å². The summed E-state index contributed by atoms with van der Waals surface area (Å²) in [4.78, 5) is 0. The van der Waals surface area contributed by atoms with E-state index in [0.29, 0.717) is 43.0 Å². The molecule has 0 amide bonds. The first-order valence-corrected chi connectivity index (χ1v) is 8.65. The summed E-state index contributed by atoms with van der Waals surface area (Å²) in [7, 11) is 0. The van der Waals surface area contributed by atoms with Crippen molar-refractivity contribution in [3.8, 4) is 0 Å². The van der Waals surface area contributed by atoms with Crippen LogP contribution in [0.5, 0.6) is 0 Å². The molecule has 2 rings (SSSR count). The highest BCUT2D eigenvalue weighted by Crippen LogP contribution is 2.38. The number of hydrogen-bond acceptors (Lipinski definition) is 2. The molecule has 2 unspecified atom stereocenters. The van der Waals surface area contributed by atoms with Gasteiger partial charge in [-0.1, -0.05) is 12.8 Å². The largest absolute Gasteiger partial charge is 0.391 e. The van der Waals surface area contributed by atoms with E-state index in [1.54, 1.807) is 0 Å². The molecule has 0 spiro atoms. The van der Waals surface area contributed by atoms with Crippen LogP contribution in [0.1, 0.15) is 51.4 Å². The number of nitrogens with one attached hydrogen (secondary N) is 1. The van der Waals surface area contributed by atoms with Crippen molar-refractivity contribution in [1.29, 1.82) is 0 Å². The van der Waals surface area contributed by atoms with E-state index in [1.165, 1.54) is 25.7 Å². The maximum atomic E-state index is 12.6. The summed E-state index contributed by atoms with van der Waals surface area (Å²) in [6, 6.07) is 0.813. The third-order valence-corrected chi connectivity index (χ3v) is 5.81. The fourth-order valence-corrected chi connectivity index (χ4v) is 4.41. The number of halogens is 3. The average Bonchev–Trinajstić information content (AvgIpc) is 2.39. The van der Waals surface area contributed by atoms with Crippen molar-refractivity contribution in [3.63, 3.8) is 0 Å². The second kappa shape index (κ2) is 6.70. The van der Waals surface area contributed by atoms with E-state index >= 15 is 0 Å². The fourth-order valence-electron chi connectivity index (χ4n) is 3.46. The minimum Gasteiger partial charge on any atom is -0.310 e.